The average Bonchev–Trinajstić information content (AvgIpc) is 2.79. The molecule has 1 spiro atoms. The van der Waals surface area contributed by atoms with Gasteiger partial charge in [-0.2, -0.15) is 13.2 Å². The van der Waals surface area contributed by atoms with Crippen molar-refractivity contribution in [3.8, 4) is 0 Å². The van der Waals surface area contributed by atoms with Crippen molar-refractivity contribution in [1.29, 1.82) is 0 Å². The Morgan fingerprint density at radius 1 is 1.17 bits per heavy atom. The summed E-state index contributed by atoms with van der Waals surface area (Å²) in [6.07, 6.45) is -0.243. The van der Waals surface area contributed by atoms with Gasteiger partial charge in [-0.3, -0.25) is 4.79 Å². The van der Waals surface area contributed by atoms with Gasteiger partial charge in [-0.25, -0.2) is 0 Å². The third-order valence-corrected chi connectivity index (χ3v) is 8.32. The van der Waals surface area contributed by atoms with Crippen LogP contribution in [0.15, 0.2) is 53.1 Å². The largest absolute Gasteiger partial charge is 0.430 e. The Labute approximate surface area is 214 Å². The van der Waals surface area contributed by atoms with E-state index < -0.39 is 22.6 Å². The maximum Gasteiger partial charge on any atom is 0.430 e. The monoisotopic (exact) mass is 530 g/mol. The summed E-state index contributed by atoms with van der Waals surface area (Å²) >= 11 is 12.5. The molecule has 1 N–H and O–H groups in total. The molecule has 3 aliphatic rings. The summed E-state index contributed by atoms with van der Waals surface area (Å²) in [5.41, 5.74) is -2.38. The molecule has 0 aromatic heterocycles. The molecule has 2 saturated heterocycles. The summed E-state index contributed by atoms with van der Waals surface area (Å²) in [7, 11) is 0.915. The number of carbonyl (C=O) groups excluding carboxylic acids is 1. The minimum atomic E-state index is -5.00. The lowest BCUT2D eigenvalue weighted by Crippen LogP contribution is -2.62. The minimum Gasteiger partial charge on any atom is -0.356 e. The maximum absolute atomic E-state index is 14.6. The molecule has 9 heteroatoms. The number of allylic oxidation sites excluding steroid dienone is 2. The van der Waals surface area contributed by atoms with Crippen molar-refractivity contribution in [3.63, 3.8) is 0 Å². The number of nitrogens with one attached hydrogen (secondary N) is 1. The Hall–Kier alpha value is -1.54. The van der Waals surface area contributed by atoms with Crippen LogP contribution >= 0.6 is 23.2 Å². The van der Waals surface area contributed by atoms with Crippen molar-refractivity contribution < 1.29 is 22.7 Å². The van der Waals surface area contributed by atoms with Crippen LogP contribution < -0.4 is 5.32 Å². The van der Waals surface area contributed by atoms with Gasteiger partial charge < -0.3 is 15.0 Å². The van der Waals surface area contributed by atoms with E-state index in [0.29, 0.717) is 12.8 Å². The number of likely N-dealkylation sites (tertiary alicyclic amines) is 1. The molecular weight excluding hydrogens is 500 g/mol. The van der Waals surface area contributed by atoms with Gasteiger partial charge in [0.05, 0.1) is 4.87 Å². The number of methoxy groups -OCH3 is 1. The molecule has 3 atom stereocenters. The van der Waals surface area contributed by atoms with Crippen molar-refractivity contribution >= 4 is 29.1 Å². The zero-order chi connectivity index (χ0) is 25.5. The van der Waals surface area contributed by atoms with Gasteiger partial charge in [-0.05, 0) is 49.8 Å². The first-order valence-corrected chi connectivity index (χ1v) is 12.6. The zero-order valence-electron chi connectivity index (χ0n) is 19.9. The minimum absolute atomic E-state index is 0.0701. The van der Waals surface area contributed by atoms with Gasteiger partial charge in [0, 0.05) is 49.7 Å². The molecule has 1 aromatic carbocycles. The molecule has 2 fully saturated rings. The molecule has 3 unspecified atom stereocenters. The number of piperidine rings is 2. The van der Waals surface area contributed by atoms with Crippen molar-refractivity contribution in [2.45, 2.75) is 55.2 Å². The van der Waals surface area contributed by atoms with E-state index in [1.54, 1.807) is 6.92 Å². The number of halogens is 5. The van der Waals surface area contributed by atoms with Crippen LogP contribution in [0.5, 0.6) is 0 Å². The Morgan fingerprint density at radius 3 is 2.40 bits per heavy atom. The van der Waals surface area contributed by atoms with Crippen LogP contribution in [0.3, 0.4) is 0 Å². The molecular formula is C26H31Cl2F3N2O2. The van der Waals surface area contributed by atoms with Crippen LogP contribution in [0.25, 0.3) is 0 Å². The van der Waals surface area contributed by atoms with Gasteiger partial charge >= 0.3 is 6.18 Å². The van der Waals surface area contributed by atoms with Crippen molar-refractivity contribution in [1.82, 2.24) is 10.2 Å². The SMILES string of the molecule is COC(C(=O)N1CCC2(CCNCC2c2ccccc2)CC1)(C1=CC(C)(Cl)CC(Cl)=C1)C(F)(F)F. The fourth-order valence-corrected chi connectivity index (χ4v) is 6.73. The number of alkyl halides is 4. The molecule has 4 rings (SSSR count). The summed E-state index contributed by atoms with van der Waals surface area (Å²) in [6, 6.07) is 10.2. The third-order valence-electron chi connectivity index (χ3n) is 7.83. The van der Waals surface area contributed by atoms with Crippen LogP contribution in [0.1, 0.15) is 44.1 Å². The summed E-state index contributed by atoms with van der Waals surface area (Å²) < 4.78 is 49.0. The molecule has 0 radical (unpaired) electrons. The van der Waals surface area contributed by atoms with Gasteiger partial charge in [-0.15, -0.1) is 11.6 Å². The molecule has 4 nitrogen and oxygen atoms in total. The third kappa shape index (κ3) is 4.89. The molecule has 35 heavy (non-hydrogen) atoms. The van der Waals surface area contributed by atoms with Gasteiger partial charge in [0.25, 0.3) is 11.5 Å². The molecule has 1 aromatic rings. The highest BCUT2D eigenvalue weighted by Crippen LogP contribution is 2.50. The highest BCUT2D eigenvalue weighted by molar-refractivity contribution is 6.32. The van der Waals surface area contributed by atoms with E-state index >= 15 is 0 Å². The van der Waals surface area contributed by atoms with E-state index in [1.165, 1.54) is 22.6 Å². The lowest BCUT2D eigenvalue weighted by molar-refractivity contribution is -0.251. The Balaban J connectivity index is 1.63. The molecule has 0 bridgehead atoms. The Morgan fingerprint density at radius 2 is 1.83 bits per heavy atom. The maximum atomic E-state index is 14.6. The van der Waals surface area contributed by atoms with Gasteiger partial charge in [0.2, 0.25) is 0 Å². The Kier molecular flexibility index (Phi) is 7.37. The van der Waals surface area contributed by atoms with Crippen LogP contribution in [-0.2, 0) is 9.53 Å². The van der Waals surface area contributed by atoms with E-state index in [9.17, 15) is 18.0 Å². The number of carbonyl (C=O) groups is 1. The summed E-state index contributed by atoms with van der Waals surface area (Å²) in [6.45, 7) is 3.69. The predicted molar refractivity (Wildman–Crippen MR) is 132 cm³/mol. The zero-order valence-corrected chi connectivity index (χ0v) is 21.4. The van der Waals surface area contributed by atoms with Gasteiger partial charge in [0.1, 0.15) is 0 Å². The number of hydrogen-bond acceptors (Lipinski definition) is 3. The molecule has 192 valence electrons. The van der Waals surface area contributed by atoms with Gasteiger partial charge in [-0.1, -0.05) is 48.0 Å². The number of benzene rings is 1. The van der Waals surface area contributed by atoms with Gasteiger partial charge in [0.15, 0.2) is 0 Å². The first kappa shape index (κ1) is 26.5. The van der Waals surface area contributed by atoms with E-state index in [4.69, 9.17) is 27.9 Å². The lowest BCUT2D eigenvalue weighted by atomic mass is 9.62. The second-order valence-corrected chi connectivity index (χ2v) is 11.4. The number of hydrogen-bond donors (Lipinski definition) is 1. The topological polar surface area (TPSA) is 41.6 Å². The number of nitrogens with zero attached hydrogens (tertiary/aromatic N) is 1. The number of ether oxygens (including phenoxy) is 1. The second-order valence-electron chi connectivity index (χ2n) is 10.1. The van der Waals surface area contributed by atoms with Crippen molar-refractivity contribution in [2.24, 2.45) is 5.41 Å². The summed E-state index contributed by atoms with van der Waals surface area (Å²) in [5.74, 6) is -0.877. The summed E-state index contributed by atoms with van der Waals surface area (Å²) in [5, 5.41) is 3.61. The normalized spacial score (nSPS) is 28.8. The molecule has 1 amide bonds. The predicted octanol–water partition coefficient (Wildman–Crippen LogP) is 5.77. The second kappa shape index (κ2) is 9.73. The standard InChI is InChI=1S/C26H31Cl2F3N2O2/c1-23(28)15-19(14-20(27)16-23)25(35-2,26(29,30)31)22(34)33-12-9-24(10-13-33)8-11-32-17-21(24)18-6-4-3-5-7-18/h3-7,14-15,21,32H,8-13,16-17H2,1-2H3. The molecule has 2 heterocycles. The van der Waals surface area contributed by atoms with Crippen LogP contribution in [0, 0.1) is 5.41 Å². The van der Waals surface area contributed by atoms with Crippen molar-refractivity contribution in [3.05, 3.63) is 58.7 Å². The Bertz CT molecular complexity index is 1000. The van der Waals surface area contributed by atoms with Crippen LogP contribution in [0.2, 0.25) is 0 Å². The fraction of sp³-hybridized carbons (Fsp3) is 0.577. The van der Waals surface area contributed by atoms with Crippen LogP contribution in [-0.4, -0.2) is 60.7 Å². The highest BCUT2D eigenvalue weighted by atomic mass is 35.5. The summed E-state index contributed by atoms with van der Waals surface area (Å²) in [4.78, 5) is 13.8. The number of amides is 1. The molecule has 0 saturated carbocycles. The molecule has 2 aliphatic heterocycles. The van der Waals surface area contributed by atoms with E-state index in [0.717, 1.165) is 26.6 Å². The lowest BCUT2D eigenvalue weighted by Gasteiger charge is -2.51. The smallest absolute Gasteiger partial charge is 0.356 e. The van der Waals surface area contributed by atoms with E-state index in [-0.39, 0.29) is 41.4 Å². The van der Waals surface area contributed by atoms with E-state index in [2.05, 4.69) is 17.4 Å². The first-order chi connectivity index (χ1) is 16.4. The van der Waals surface area contributed by atoms with E-state index in [1.807, 2.05) is 18.2 Å². The molecule has 1 aliphatic carbocycles. The highest BCUT2D eigenvalue weighted by Gasteiger charge is 2.65. The fourth-order valence-electron chi connectivity index (χ4n) is 6.01. The average molecular weight is 531 g/mol. The van der Waals surface area contributed by atoms with Crippen molar-refractivity contribution in [2.75, 3.05) is 33.3 Å². The van der Waals surface area contributed by atoms with Crippen LogP contribution in [0.4, 0.5) is 13.2 Å². The number of rotatable bonds is 4. The first-order valence-electron chi connectivity index (χ1n) is 11.9. The quantitative estimate of drug-likeness (QED) is 0.502.